The summed E-state index contributed by atoms with van der Waals surface area (Å²) in [7, 11) is 0. The zero-order chi connectivity index (χ0) is 12.1. The van der Waals surface area contributed by atoms with Crippen LogP contribution in [-0.2, 0) is 6.42 Å². The Labute approximate surface area is 108 Å². The number of hydrogen-bond donors (Lipinski definition) is 1. The minimum Gasteiger partial charge on any atom is -0.317 e. The fourth-order valence-corrected chi connectivity index (χ4v) is 3.19. The quantitative estimate of drug-likeness (QED) is 0.811. The molecule has 1 unspecified atom stereocenters. The first-order valence-electron chi connectivity index (χ1n) is 6.51. The summed E-state index contributed by atoms with van der Waals surface area (Å²) in [5.74, 6) is 0.757. The second-order valence-electron chi connectivity index (χ2n) is 4.54. The van der Waals surface area contributed by atoms with Crippen molar-refractivity contribution in [1.29, 1.82) is 0 Å². The molecule has 1 aromatic heterocycles. The Morgan fingerprint density at radius 3 is 2.82 bits per heavy atom. The second kappa shape index (κ2) is 6.18. The van der Waals surface area contributed by atoms with Crippen molar-refractivity contribution >= 4 is 21.4 Å². The predicted octanol–water partition coefficient (Wildman–Crippen LogP) is 4.08. The van der Waals surface area contributed by atoms with Gasteiger partial charge in [0, 0.05) is 4.70 Å². The van der Waals surface area contributed by atoms with Gasteiger partial charge in [0.25, 0.3) is 0 Å². The molecule has 1 atom stereocenters. The molecular formula is C15H21NS. The molecule has 0 aliphatic rings. The molecule has 2 rings (SSSR count). The van der Waals surface area contributed by atoms with Gasteiger partial charge >= 0.3 is 0 Å². The smallest absolute Gasteiger partial charge is 0.0345 e. The van der Waals surface area contributed by atoms with E-state index in [2.05, 4.69) is 48.8 Å². The normalized spacial score (nSPS) is 13.1. The number of hydrogen-bond acceptors (Lipinski definition) is 2. The minimum atomic E-state index is 0.757. The molecule has 0 saturated heterocycles. The lowest BCUT2D eigenvalue weighted by atomic mass is 9.96. The largest absolute Gasteiger partial charge is 0.317 e. The molecule has 0 aliphatic heterocycles. The van der Waals surface area contributed by atoms with Crippen LogP contribution in [-0.4, -0.2) is 13.1 Å². The van der Waals surface area contributed by atoms with Crippen LogP contribution in [0.25, 0.3) is 10.1 Å². The van der Waals surface area contributed by atoms with Gasteiger partial charge in [0.15, 0.2) is 0 Å². The summed E-state index contributed by atoms with van der Waals surface area (Å²) in [6.45, 7) is 6.67. The van der Waals surface area contributed by atoms with E-state index < -0.39 is 0 Å². The Kier molecular flexibility index (Phi) is 4.57. The Morgan fingerprint density at radius 2 is 2.06 bits per heavy atom. The average Bonchev–Trinajstić information content (AvgIpc) is 2.78. The first-order valence-corrected chi connectivity index (χ1v) is 7.39. The van der Waals surface area contributed by atoms with E-state index >= 15 is 0 Å². The van der Waals surface area contributed by atoms with E-state index in [4.69, 9.17) is 0 Å². The van der Waals surface area contributed by atoms with Crippen LogP contribution in [0.3, 0.4) is 0 Å². The highest BCUT2D eigenvalue weighted by Crippen LogP contribution is 2.28. The van der Waals surface area contributed by atoms with E-state index in [9.17, 15) is 0 Å². The third kappa shape index (κ3) is 3.08. The highest BCUT2D eigenvalue weighted by molar-refractivity contribution is 7.17. The topological polar surface area (TPSA) is 12.0 Å². The summed E-state index contributed by atoms with van der Waals surface area (Å²) in [6.07, 6.45) is 2.45. The standard InChI is InChI=1S/C15H21NS/c1-3-12(10-16-4-2)9-13-11-17-15-8-6-5-7-14(13)15/h5-8,11-12,16H,3-4,9-10H2,1-2H3. The van der Waals surface area contributed by atoms with E-state index in [1.54, 1.807) is 0 Å². The van der Waals surface area contributed by atoms with Gasteiger partial charge in [-0.2, -0.15) is 0 Å². The lowest BCUT2D eigenvalue weighted by Crippen LogP contribution is -2.23. The van der Waals surface area contributed by atoms with Crippen LogP contribution >= 0.6 is 11.3 Å². The van der Waals surface area contributed by atoms with Crippen LogP contribution in [0.1, 0.15) is 25.8 Å². The lowest BCUT2D eigenvalue weighted by Gasteiger charge is -2.14. The highest BCUT2D eigenvalue weighted by Gasteiger charge is 2.10. The van der Waals surface area contributed by atoms with Crippen molar-refractivity contribution in [2.24, 2.45) is 5.92 Å². The van der Waals surface area contributed by atoms with Crippen molar-refractivity contribution in [2.45, 2.75) is 26.7 Å². The predicted molar refractivity (Wildman–Crippen MR) is 77.9 cm³/mol. The third-order valence-corrected chi connectivity index (χ3v) is 4.34. The summed E-state index contributed by atoms with van der Waals surface area (Å²) >= 11 is 1.87. The molecule has 0 bridgehead atoms. The third-order valence-electron chi connectivity index (χ3n) is 3.33. The van der Waals surface area contributed by atoms with Crippen molar-refractivity contribution in [2.75, 3.05) is 13.1 Å². The van der Waals surface area contributed by atoms with Gasteiger partial charge in [-0.3, -0.25) is 0 Å². The van der Waals surface area contributed by atoms with Crippen LogP contribution in [0.4, 0.5) is 0 Å². The maximum absolute atomic E-state index is 3.46. The average molecular weight is 247 g/mol. The number of benzene rings is 1. The Bertz CT molecular complexity index is 461. The van der Waals surface area contributed by atoms with Gasteiger partial charge in [0.05, 0.1) is 0 Å². The first-order chi connectivity index (χ1) is 8.35. The van der Waals surface area contributed by atoms with Crippen LogP contribution in [0.2, 0.25) is 0 Å². The van der Waals surface area contributed by atoms with Crippen molar-refractivity contribution in [3.8, 4) is 0 Å². The fourth-order valence-electron chi connectivity index (χ4n) is 2.21. The van der Waals surface area contributed by atoms with Crippen LogP contribution < -0.4 is 5.32 Å². The molecule has 1 heterocycles. The number of nitrogens with one attached hydrogen (secondary N) is 1. The summed E-state index contributed by atoms with van der Waals surface area (Å²) in [5.41, 5.74) is 1.52. The molecule has 2 aromatic rings. The molecule has 1 N–H and O–H groups in total. The summed E-state index contributed by atoms with van der Waals surface area (Å²) in [6, 6.07) is 8.73. The van der Waals surface area contributed by atoms with Crippen LogP contribution in [0.5, 0.6) is 0 Å². The Hall–Kier alpha value is -0.860. The fraction of sp³-hybridized carbons (Fsp3) is 0.467. The van der Waals surface area contributed by atoms with Crippen molar-refractivity contribution in [3.05, 3.63) is 35.2 Å². The van der Waals surface area contributed by atoms with E-state index in [-0.39, 0.29) is 0 Å². The van der Waals surface area contributed by atoms with Crippen molar-refractivity contribution in [3.63, 3.8) is 0 Å². The van der Waals surface area contributed by atoms with E-state index in [1.165, 1.54) is 28.5 Å². The summed E-state index contributed by atoms with van der Waals surface area (Å²) < 4.78 is 1.42. The van der Waals surface area contributed by atoms with Gasteiger partial charge in [0.1, 0.15) is 0 Å². The maximum Gasteiger partial charge on any atom is 0.0345 e. The molecule has 1 nitrogen and oxygen atoms in total. The Morgan fingerprint density at radius 1 is 1.24 bits per heavy atom. The van der Waals surface area contributed by atoms with Gasteiger partial charge in [0.2, 0.25) is 0 Å². The van der Waals surface area contributed by atoms with E-state index in [0.29, 0.717) is 0 Å². The molecule has 0 saturated carbocycles. The summed E-state index contributed by atoms with van der Waals surface area (Å²) in [5, 5.41) is 7.25. The second-order valence-corrected chi connectivity index (χ2v) is 5.45. The van der Waals surface area contributed by atoms with Gasteiger partial charge < -0.3 is 5.32 Å². The molecule has 0 fully saturated rings. The van der Waals surface area contributed by atoms with Crippen molar-refractivity contribution in [1.82, 2.24) is 5.32 Å². The van der Waals surface area contributed by atoms with Gasteiger partial charge in [-0.25, -0.2) is 0 Å². The molecular weight excluding hydrogens is 226 g/mol. The highest BCUT2D eigenvalue weighted by atomic mass is 32.1. The Balaban J connectivity index is 2.11. The number of rotatable bonds is 6. The monoisotopic (exact) mass is 247 g/mol. The van der Waals surface area contributed by atoms with Crippen LogP contribution in [0, 0.1) is 5.92 Å². The van der Waals surface area contributed by atoms with Gasteiger partial charge in [-0.05, 0) is 47.8 Å². The van der Waals surface area contributed by atoms with Gasteiger partial charge in [-0.15, -0.1) is 11.3 Å². The van der Waals surface area contributed by atoms with Crippen molar-refractivity contribution < 1.29 is 0 Å². The zero-order valence-corrected chi connectivity index (χ0v) is 11.5. The number of thiophene rings is 1. The van der Waals surface area contributed by atoms with E-state index in [0.717, 1.165) is 19.0 Å². The lowest BCUT2D eigenvalue weighted by molar-refractivity contribution is 0.469. The first kappa shape index (κ1) is 12.6. The van der Waals surface area contributed by atoms with Crippen LogP contribution in [0.15, 0.2) is 29.6 Å². The van der Waals surface area contributed by atoms with E-state index in [1.807, 2.05) is 11.3 Å². The molecule has 1 aromatic carbocycles. The molecule has 0 spiro atoms. The molecule has 92 valence electrons. The molecule has 2 heteroatoms. The SMILES string of the molecule is CCNCC(CC)Cc1csc2ccccc12. The maximum atomic E-state index is 3.46. The van der Waals surface area contributed by atoms with Gasteiger partial charge in [-0.1, -0.05) is 38.5 Å². The summed E-state index contributed by atoms with van der Waals surface area (Å²) in [4.78, 5) is 0. The molecule has 0 aliphatic carbocycles. The molecule has 0 radical (unpaired) electrons. The minimum absolute atomic E-state index is 0.757. The number of fused-ring (bicyclic) bond motifs is 1. The molecule has 17 heavy (non-hydrogen) atoms. The molecule has 0 amide bonds. The zero-order valence-electron chi connectivity index (χ0n) is 10.7.